The number of unbranched alkanes of at least 4 members (excludes halogenated alkanes) is 4. The van der Waals surface area contributed by atoms with Crippen molar-refractivity contribution < 1.29 is 4.79 Å². The number of carbonyl (C=O) groups is 1. The Morgan fingerprint density at radius 3 is 2.31 bits per heavy atom. The molecule has 0 rings (SSSR count). The van der Waals surface area contributed by atoms with Gasteiger partial charge in [-0.1, -0.05) is 59.0 Å². The summed E-state index contributed by atoms with van der Waals surface area (Å²) >= 11 is 0. The molecule has 0 aliphatic carbocycles. The molecule has 1 unspecified atom stereocenters. The van der Waals surface area contributed by atoms with Gasteiger partial charge in [-0.25, -0.2) is 0 Å². The second kappa shape index (κ2) is 10.7. The van der Waals surface area contributed by atoms with Crippen molar-refractivity contribution in [1.29, 1.82) is 0 Å². The molecule has 0 radical (unpaired) electrons. The molecule has 94 valence electrons. The lowest BCUT2D eigenvalue weighted by Gasteiger charge is -2.17. The van der Waals surface area contributed by atoms with E-state index in [1.807, 2.05) is 0 Å². The highest BCUT2D eigenvalue weighted by Crippen LogP contribution is 2.10. The van der Waals surface area contributed by atoms with Crippen LogP contribution in [0.3, 0.4) is 0 Å². The fourth-order valence-corrected chi connectivity index (χ4v) is 1.82. The third-order valence-electron chi connectivity index (χ3n) is 2.84. The Bertz CT molecular complexity index is 189. The minimum absolute atomic E-state index is 0.0309. The average Bonchev–Trinajstić information content (AvgIpc) is 2.30. The van der Waals surface area contributed by atoms with Crippen LogP contribution in [0, 0.1) is 0 Å². The van der Waals surface area contributed by atoms with Gasteiger partial charge in [-0.15, -0.1) is 0 Å². The normalized spacial score (nSPS) is 12.1. The van der Waals surface area contributed by atoms with Crippen LogP contribution in [0.1, 0.15) is 65.2 Å². The van der Waals surface area contributed by atoms with Crippen molar-refractivity contribution in [2.45, 2.75) is 71.3 Å². The summed E-state index contributed by atoms with van der Waals surface area (Å²) in [5.41, 5.74) is 0. The summed E-state index contributed by atoms with van der Waals surface area (Å²) in [5, 5.41) is 3.02. The van der Waals surface area contributed by atoms with Crippen LogP contribution in [0.25, 0.3) is 0 Å². The molecule has 1 amide bonds. The van der Waals surface area contributed by atoms with Gasteiger partial charge in [-0.2, -0.15) is 0 Å². The summed E-state index contributed by atoms with van der Waals surface area (Å²) in [6.45, 7) is 7.89. The third-order valence-corrected chi connectivity index (χ3v) is 2.84. The van der Waals surface area contributed by atoms with E-state index < -0.39 is 0 Å². The van der Waals surface area contributed by atoms with Gasteiger partial charge >= 0.3 is 0 Å². The number of rotatable bonds is 10. The van der Waals surface area contributed by atoms with Gasteiger partial charge in [0.15, 0.2) is 0 Å². The Labute approximate surface area is 101 Å². The molecule has 0 aromatic rings. The van der Waals surface area contributed by atoms with Crippen molar-refractivity contribution in [2.24, 2.45) is 0 Å². The number of hydrogen-bond acceptors (Lipinski definition) is 1. The van der Waals surface area contributed by atoms with Gasteiger partial charge in [0, 0.05) is 6.04 Å². The van der Waals surface area contributed by atoms with Gasteiger partial charge in [0.2, 0.25) is 5.91 Å². The summed E-state index contributed by atoms with van der Waals surface area (Å²) in [5.74, 6) is -0.0309. The number of nitrogens with one attached hydrogen (secondary N) is 1. The second-order valence-corrected chi connectivity index (χ2v) is 4.40. The van der Waals surface area contributed by atoms with Crippen molar-refractivity contribution in [1.82, 2.24) is 5.32 Å². The molecule has 0 aliphatic rings. The van der Waals surface area contributed by atoms with Gasteiger partial charge in [0.1, 0.15) is 0 Å². The van der Waals surface area contributed by atoms with E-state index in [0.29, 0.717) is 6.04 Å². The zero-order valence-corrected chi connectivity index (χ0v) is 10.9. The van der Waals surface area contributed by atoms with Crippen LogP contribution in [0.2, 0.25) is 0 Å². The molecule has 0 aromatic heterocycles. The van der Waals surface area contributed by atoms with Crippen LogP contribution in [-0.4, -0.2) is 11.9 Å². The highest BCUT2D eigenvalue weighted by molar-refractivity contribution is 5.87. The first kappa shape index (κ1) is 15.2. The van der Waals surface area contributed by atoms with Crippen molar-refractivity contribution in [2.75, 3.05) is 0 Å². The molecule has 0 fully saturated rings. The van der Waals surface area contributed by atoms with Crippen LogP contribution in [0.15, 0.2) is 12.7 Å². The SMILES string of the molecule is C=CC(=O)NC(CCCC)CCCCCC. The van der Waals surface area contributed by atoms with E-state index in [2.05, 4.69) is 25.7 Å². The van der Waals surface area contributed by atoms with E-state index in [1.54, 1.807) is 0 Å². The lowest BCUT2D eigenvalue weighted by molar-refractivity contribution is -0.117. The number of hydrogen-bond donors (Lipinski definition) is 1. The Kier molecular flexibility index (Phi) is 10.2. The predicted molar refractivity (Wildman–Crippen MR) is 70.4 cm³/mol. The first-order valence-electron chi connectivity index (χ1n) is 6.67. The maximum Gasteiger partial charge on any atom is 0.243 e. The second-order valence-electron chi connectivity index (χ2n) is 4.40. The minimum Gasteiger partial charge on any atom is -0.350 e. The largest absolute Gasteiger partial charge is 0.350 e. The van der Waals surface area contributed by atoms with Crippen molar-refractivity contribution in [3.05, 3.63) is 12.7 Å². The maximum atomic E-state index is 11.2. The van der Waals surface area contributed by atoms with E-state index in [1.165, 1.54) is 44.6 Å². The Hall–Kier alpha value is -0.790. The van der Waals surface area contributed by atoms with Crippen molar-refractivity contribution in [3.8, 4) is 0 Å². The molecular weight excluding hydrogens is 198 g/mol. The smallest absolute Gasteiger partial charge is 0.243 e. The molecule has 2 nitrogen and oxygen atoms in total. The van der Waals surface area contributed by atoms with Gasteiger partial charge in [-0.3, -0.25) is 4.79 Å². The van der Waals surface area contributed by atoms with E-state index >= 15 is 0 Å². The van der Waals surface area contributed by atoms with E-state index in [4.69, 9.17) is 0 Å². The molecule has 0 bridgehead atoms. The standard InChI is InChI=1S/C14H27NO/c1-4-7-9-10-12-13(11-8-5-2)15-14(16)6-3/h6,13H,3-5,7-12H2,1-2H3,(H,15,16). The van der Waals surface area contributed by atoms with Crippen LogP contribution in [-0.2, 0) is 4.79 Å². The van der Waals surface area contributed by atoms with Gasteiger partial charge in [0.05, 0.1) is 0 Å². The number of amides is 1. The van der Waals surface area contributed by atoms with Gasteiger partial charge < -0.3 is 5.32 Å². The van der Waals surface area contributed by atoms with E-state index in [0.717, 1.165) is 12.8 Å². The molecule has 0 heterocycles. The molecule has 0 saturated carbocycles. The van der Waals surface area contributed by atoms with Gasteiger partial charge in [0.25, 0.3) is 0 Å². The molecule has 0 aromatic carbocycles. The minimum atomic E-state index is -0.0309. The zero-order valence-electron chi connectivity index (χ0n) is 10.9. The molecule has 1 atom stereocenters. The zero-order chi connectivity index (χ0) is 12.2. The van der Waals surface area contributed by atoms with Crippen molar-refractivity contribution in [3.63, 3.8) is 0 Å². The Morgan fingerprint density at radius 1 is 1.12 bits per heavy atom. The summed E-state index contributed by atoms with van der Waals surface area (Å²) in [6, 6.07) is 0.349. The van der Waals surface area contributed by atoms with Crippen LogP contribution in [0.4, 0.5) is 0 Å². The Morgan fingerprint density at radius 2 is 1.75 bits per heavy atom. The first-order valence-corrected chi connectivity index (χ1v) is 6.67. The highest BCUT2D eigenvalue weighted by Gasteiger charge is 2.09. The van der Waals surface area contributed by atoms with E-state index in [9.17, 15) is 4.79 Å². The topological polar surface area (TPSA) is 29.1 Å². The lowest BCUT2D eigenvalue weighted by atomic mass is 10.0. The quantitative estimate of drug-likeness (QED) is 0.444. The summed E-state index contributed by atoms with van der Waals surface area (Å²) in [6.07, 6.45) is 11.0. The molecule has 1 N–H and O–H groups in total. The summed E-state index contributed by atoms with van der Waals surface area (Å²) in [4.78, 5) is 11.2. The molecule has 0 saturated heterocycles. The molecular formula is C14H27NO. The summed E-state index contributed by atoms with van der Waals surface area (Å²) < 4.78 is 0. The summed E-state index contributed by atoms with van der Waals surface area (Å²) in [7, 11) is 0. The average molecular weight is 225 g/mol. The molecule has 16 heavy (non-hydrogen) atoms. The highest BCUT2D eigenvalue weighted by atomic mass is 16.1. The fourth-order valence-electron chi connectivity index (χ4n) is 1.82. The predicted octanol–water partition coefficient (Wildman–Crippen LogP) is 3.82. The molecule has 2 heteroatoms. The maximum absolute atomic E-state index is 11.2. The fraction of sp³-hybridized carbons (Fsp3) is 0.786. The number of carbonyl (C=O) groups excluding carboxylic acids is 1. The van der Waals surface area contributed by atoms with Crippen LogP contribution < -0.4 is 5.32 Å². The van der Waals surface area contributed by atoms with E-state index in [-0.39, 0.29) is 5.91 Å². The molecule has 0 aliphatic heterocycles. The van der Waals surface area contributed by atoms with Crippen LogP contribution in [0.5, 0.6) is 0 Å². The van der Waals surface area contributed by atoms with Crippen molar-refractivity contribution >= 4 is 5.91 Å². The van der Waals surface area contributed by atoms with Crippen LogP contribution >= 0.6 is 0 Å². The monoisotopic (exact) mass is 225 g/mol. The molecule has 0 spiro atoms. The van der Waals surface area contributed by atoms with Gasteiger partial charge in [-0.05, 0) is 18.9 Å². The third kappa shape index (κ3) is 8.51. The first-order chi connectivity index (χ1) is 7.74. The Balaban J connectivity index is 3.80. The lowest BCUT2D eigenvalue weighted by Crippen LogP contribution is -2.33.